The Kier molecular flexibility index (Phi) is 7.17. The molecule has 1 aliphatic heterocycles. The van der Waals surface area contributed by atoms with Crippen molar-refractivity contribution in [3.8, 4) is 11.5 Å². The summed E-state index contributed by atoms with van der Waals surface area (Å²) in [7, 11) is 1.32. The number of alkyl halides is 2. The molecule has 1 aromatic rings. The lowest BCUT2D eigenvalue weighted by atomic mass is 9.95. The number of carbonyl (C=O) groups is 2. The molecule has 0 aliphatic carbocycles. The third-order valence-corrected chi connectivity index (χ3v) is 4.34. The van der Waals surface area contributed by atoms with Gasteiger partial charge in [-0.15, -0.1) is 0 Å². The van der Waals surface area contributed by atoms with Gasteiger partial charge < -0.3 is 19.7 Å². The monoisotopic (exact) mass is 370 g/mol. The number of likely N-dealkylation sites (tertiary alicyclic amines) is 1. The van der Waals surface area contributed by atoms with E-state index in [2.05, 4.69) is 10.1 Å². The highest BCUT2D eigenvalue weighted by Crippen LogP contribution is 2.34. The molecule has 0 spiro atoms. The Morgan fingerprint density at radius 1 is 1.31 bits per heavy atom. The Morgan fingerprint density at radius 3 is 2.58 bits per heavy atom. The van der Waals surface area contributed by atoms with E-state index >= 15 is 0 Å². The molecule has 1 saturated heterocycles. The minimum atomic E-state index is -3.06. The maximum atomic E-state index is 12.8. The van der Waals surface area contributed by atoms with Gasteiger partial charge in [0.15, 0.2) is 11.5 Å². The molecule has 0 aromatic heterocycles. The lowest BCUT2D eigenvalue weighted by Gasteiger charge is -2.31. The van der Waals surface area contributed by atoms with Crippen LogP contribution in [0.4, 0.5) is 8.78 Å². The van der Waals surface area contributed by atoms with Crippen molar-refractivity contribution in [3.63, 3.8) is 0 Å². The molecule has 1 aromatic carbocycles. The van der Waals surface area contributed by atoms with Crippen molar-refractivity contribution < 1.29 is 27.8 Å². The maximum absolute atomic E-state index is 12.8. The molecule has 0 radical (unpaired) electrons. The van der Waals surface area contributed by atoms with Gasteiger partial charge in [0.1, 0.15) is 0 Å². The van der Waals surface area contributed by atoms with E-state index in [9.17, 15) is 18.4 Å². The van der Waals surface area contributed by atoms with E-state index in [4.69, 9.17) is 4.74 Å². The summed E-state index contributed by atoms with van der Waals surface area (Å²) in [4.78, 5) is 26.3. The van der Waals surface area contributed by atoms with Crippen LogP contribution in [0.5, 0.6) is 11.5 Å². The number of amides is 2. The van der Waals surface area contributed by atoms with Crippen molar-refractivity contribution in [2.45, 2.75) is 32.8 Å². The fourth-order valence-electron chi connectivity index (χ4n) is 2.96. The fraction of sp³-hybridized carbons (Fsp3) is 0.556. The van der Waals surface area contributed by atoms with Crippen LogP contribution in [0.1, 0.15) is 36.5 Å². The predicted molar refractivity (Wildman–Crippen MR) is 91.6 cm³/mol. The predicted octanol–water partition coefficient (Wildman–Crippen LogP) is 2.68. The molecule has 26 heavy (non-hydrogen) atoms. The Hall–Kier alpha value is -2.38. The molecule has 8 heteroatoms. The summed E-state index contributed by atoms with van der Waals surface area (Å²) >= 11 is 0. The third-order valence-electron chi connectivity index (χ3n) is 4.34. The van der Waals surface area contributed by atoms with Crippen LogP contribution < -0.4 is 14.8 Å². The molecule has 1 aliphatic rings. The van der Waals surface area contributed by atoms with Crippen molar-refractivity contribution in [2.24, 2.45) is 5.92 Å². The van der Waals surface area contributed by atoms with Gasteiger partial charge in [-0.25, -0.2) is 0 Å². The average Bonchev–Trinajstić information content (AvgIpc) is 2.65. The number of ether oxygens (including phenoxy) is 2. The van der Waals surface area contributed by atoms with Gasteiger partial charge in [0.2, 0.25) is 5.91 Å². The molecule has 6 nitrogen and oxygen atoms in total. The molecule has 0 bridgehead atoms. The second-order valence-corrected chi connectivity index (χ2v) is 6.07. The number of nitrogens with zero attached hydrogens (tertiary/aromatic N) is 1. The quantitative estimate of drug-likeness (QED) is 0.801. The first-order valence-corrected chi connectivity index (χ1v) is 8.66. The van der Waals surface area contributed by atoms with Crippen LogP contribution in [-0.2, 0) is 4.79 Å². The van der Waals surface area contributed by atoms with Gasteiger partial charge in [-0.3, -0.25) is 9.59 Å². The molecular formula is C18H24F2N2O4. The van der Waals surface area contributed by atoms with Crippen molar-refractivity contribution in [3.05, 3.63) is 23.8 Å². The molecule has 144 valence electrons. The van der Waals surface area contributed by atoms with E-state index in [1.807, 2.05) is 6.92 Å². The van der Waals surface area contributed by atoms with Gasteiger partial charge in [0, 0.05) is 25.6 Å². The van der Waals surface area contributed by atoms with Gasteiger partial charge in [-0.2, -0.15) is 8.78 Å². The number of hydrogen-bond donors (Lipinski definition) is 1. The zero-order valence-corrected chi connectivity index (χ0v) is 15.0. The number of hydrogen-bond acceptors (Lipinski definition) is 4. The minimum absolute atomic E-state index is 0.00190. The smallest absolute Gasteiger partial charge is 0.387 e. The summed E-state index contributed by atoms with van der Waals surface area (Å²) in [5, 5.41) is 2.86. The van der Waals surface area contributed by atoms with Gasteiger partial charge in [-0.05, 0) is 31.4 Å². The Labute approximate surface area is 151 Å². The number of halogens is 2. The number of rotatable bonds is 7. The maximum Gasteiger partial charge on any atom is 0.387 e. The second kappa shape index (κ2) is 9.35. The van der Waals surface area contributed by atoms with Crippen LogP contribution in [-0.4, -0.2) is 50.1 Å². The van der Waals surface area contributed by atoms with Gasteiger partial charge in [-0.1, -0.05) is 13.0 Å². The lowest BCUT2D eigenvalue weighted by Crippen LogP contribution is -2.43. The lowest BCUT2D eigenvalue weighted by molar-refractivity contribution is -0.126. The molecule has 0 atom stereocenters. The first-order chi connectivity index (χ1) is 12.5. The molecule has 2 amide bonds. The number of carbonyl (C=O) groups excluding carboxylic acids is 2. The fourth-order valence-corrected chi connectivity index (χ4v) is 2.96. The first-order valence-electron chi connectivity index (χ1n) is 8.66. The Bertz CT molecular complexity index is 632. The summed E-state index contributed by atoms with van der Waals surface area (Å²) in [6.45, 7) is 0.319. The van der Waals surface area contributed by atoms with Gasteiger partial charge in [0.25, 0.3) is 5.91 Å². The summed E-state index contributed by atoms with van der Waals surface area (Å²) < 4.78 is 35.0. The average molecular weight is 370 g/mol. The second-order valence-electron chi connectivity index (χ2n) is 6.07. The highest BCUT2D eigenvalue weighted by Gasteiger charge is 2.30. The third kappa shape index (κ3) is 4.83. The van der Waals surface area contributed by atoms with Crippen molar-refractivity contribution in [1.29, 1.82) is 0 Å². The number of nitrogens with one attached hydrogen (secondary N) is 1. The van der Waals surface area contributed by atoms with E-state index in [0.717, 1.165) is 6.42 Å². The molecule has 1 N–H and O–H groups in total. The molecule has 0 saturated carbocycles. The molecule has 2 rings (SSSR count). The molecule has 0 unspecified atom stereocenters. The van der Waals surface area contributed by atoms with Crippen LogP contribution >= 0.6 is 0 Å². The highest BCUT2D eigenvalue weighted by atomic mass is 19.3. The Morgan fingerprint density at radius 2 is 2.00 bits per heavy atom. The number of para-hydroxylation sites is 1. The van der Waals surface area contributed by atoms with Crippen molar-refractivity contribution >= 4 is 11.8 Å². The van der Waals surface area contributed by atoms with Crippen LogP contribution in [0.2, 0.25) is 0 Å². The molecule has 1 heterocycles. The molecule has 1 fully saturated rings. The van der Waals surface area contributed by atoms with E-state index in [1.165, 1.54) is 19.2 Å². The zero-order chi connectivity index (χ0) is 19.1. The van der Waals surface area contributed by atoms with Gasteiger partial charge >= 0.3 is 6.61 Å². The highest BCUT2D eigenvalue weighted by molar-refractivity contribution is 5.98. The SMILES string of the molecule is CCCNC(=O)C1CCN(C(=O)c2cccc(OC)c2OC(F)F)CC1. The number of methoxy groups -OCH3 is 1. The van der Waals surface area contributed by atoms with Crippen LogP contribution in [0.3, 0.4) is 0 Å². The van der Waals surface area contributed by atoms with E-state index < -0.39 is 12.5 Å². The van der Waals surface area contributed by atoms with Gasteiger partial charge in [0.05, 0.1) is 12.7 Å². The van der Waals surface area contributed by atoms with Crippen molar-refractivity contribution in [1.82, 2.24) is 10.2 Å². The topological polar surface area (TPSA) is 67.9 Å². The van der Waals surface area contributed by atoms with E-state index in [0.29, 0.717) is 32.5 Å². The Balaban J connectivity index is 2.07. The van der Waals surface area contributed by atoms with Crippen LogP contribution in [0.15, 0.2) is 18.2 Å². The largest absolute Gasteiger partial charge is 0.493 e. The number of benzene rings is 1. The number of piperidine rings is 1. The summed E-state index contributed by atoms with van der Waals surface area (Å²) in [6.07, 6.45) is 1.94. The van der Waals surface area contributed by atoms with Crippen LogP contribution in [0, 0.1) is 5.92 Å². The van der Waals surface area contributed by atoms with Crippen LogP contribution in [0.25, 0.3) is 0 Å². The summed E-state index contributed by atoms with van der Waals surface area (Å²) in [5.41, 5.74) is 0.0264. The summed E-state index contributed by atoms with van der Waals surface area (Å²) in [5.74, 6) is -0.732. The van der Waals surface area contributed by atoms with E-state index in [1.54, 1.807) is 11.0 Å². The normalized spacial score (nSPS) is 15.0. The summed E-state index contributed by atoms with van der Waals surface area (Å²) in [6, 6.07) is 4.44. The minimum Gasteiger partial charge on any atom is -0.493 e. The first kappa shape index (κ1) is 19.9. The zero-order valence-electron chi connectivity index (χ0n) is 15.0. The standard InChI is InChI=1S/C18H24F2N2O4/c1-3-9-21-16(23)12-7-10-22(11-8-12)17(24)13-5-4-6-14(25-2)15(13)26-18(19)20/h4-6,12,18H,3,7-11H2,1-2H3,(H,21,23). The van der Waals surface area contributed by atoms with Crippen molar-refractivity contribution in [2.75, 3.05) is 26.7 Å². The molecular weight excluding hydrogens is 346 g/mol. The van der Waals surface area contributed by atoms with E-state index in [-0.39, 0.29) is 28.9 Å².